The van der Waals surface area contributed by atoms with Crippen molar-refractivity contribution in [3.63, 3.8) is 0 Å². The highest BCUT2D eigenvalue weighted by molar-refractivity contribution is 5.56. The Morgan fingerprint density at radius 2 is 1.65 bits per heavy atom. The molecule has 122 valence electrons. The maximum Gasteiger partial charge on any atom is 0.322 e. The second-order valence-corrected chi connectivity index (χ2v) is 5.68. The molecule has 0 bridgehead atoms. The van der Waals surface area contributed by atoms with Crippen molar-refractivity contribution < 1.29 is 9.47 Å². The molecule has 0 amide bonds. The largest absolute Gasteiger partial charge is 0.467 e. The van der Waals surface area contributed by atoms with Crippen molar-refractivity contribution in [3.8, 4) is 23.4 Å². The smallest absolute Gasteiger partial charge is 0.322 e. The van der Waals surface area contributed by atoms with Gasteiger partial charge in [-0.15, -0.1) is 4.98 Å². The van der Waals surface area contributed by atoms with Gasteiger partial charge in [-0.1, -0.05) is 18.2 Å². The molecule has 1 atom stereocenters. The molecule has 1 aliphatic rings. The van der Waals surface area contributed by atoms with Gasteiger partial charge in [-0.3, -0.25) is 4.90 Å². The predicted octanol–water partition coefficient (Wildman–Crippen LogP) is 2.71. The number of aromatic nitrogens is 3. The Kier molecular flexibility index (Phi) is 4.71. The van der Waals surface area contributed by atoms with E-state index in [1.165, 1.54) is 45.7 Å². The Bertz CT molecular complexity index is 649. The topological polar surface area (TPSA) is 60.4 Å². The van der Waals surface area contributed by atoms with Gasteiger partial charge in [-0.2, -0.15) is 9.97 Å². The fourth-order valence-electron chi connectivity index (χ4n) is 2.93. The van der Waals surface area contributed by atoms with Crippen LogP contribution < -0.4 is 9.47 Å². The molecule has 1 saturated heterocycles. The van der Waals surface area contributed by atoms with Gasteiger partial charge < -0.3 is 9.47 Å². The lowest BCUT2D eigenvalue weighted by molar-refractivity contribution is 0.263. The fraction of sp³-hybridized carbons (Fsp3) is 0.471. The minimum absolute atomic E-state index is 0.254. The van der Waals surface area contributed by atoms with E-state index in [0.29, 0.717) is 11.9 Å². The van der Waals surface area contributed by atoms with Crippen molar-refractivity contribution in [2.45, 2.75) is 25.8 Å². The lowest BCUT2D eigenvalue weighted by Crippen LogP contribution is -2.23. The zero-order valence-corrected chi connectivity index (χ0v) is 13.8. The summed E-state index contributed by atoms with van der Waals surface area (Å²) < 4.78 is 10.3. The van der Waals surface area contributed by atoms with Gasteiger partial charge in [0.15, 0.2) is 5.82 Å². The third kappa shape index (κ3) is 3.42. The number of ether oxygens (including phenoxy) is 2. The molecule has 0 aliphatic carbocycles. The van der Waals surface area contributed by atoms with Crippen LogP contribution in [-0.4, -0.2) is 47.2 Å². The third-order valence-corrected chi connectivity index (χ3v) is 4.28. The van der Waals surface area contributed by atoms with E-state index < -0.39 is 0 Å². The van der Waals surface area contributed by atoms with Gasteiger partial charge in [0.2, 0.25) is 0 Å². The number of hydrogen-bond acceptors (Lipinski definition) is 6. The normalized spacial score (nSPS) is 16.3. The van der Waals surface area contributed by atoms with Gasteiger partial charge in [0.1, 0.15) is 0 Å². The van der Waals surface area contributed by atoms with E-state index in [9.17, 15) is 0 Å². The summed E-state index contributed by atoms with van der Waals surface area (Å²) >= 11 is 0. The minimum Gasteiger partial charge on any atom is -0.467 e. The van der Waals surface area contributed by atoms with E-state index in [0.717, 1.165) is 5.56 Å². The number of hydrogen-bond donors (Lipinski definition) is 0. The van der Waals surface area contributed by atoms with Crippen LogP contribution in [-0.2, 0) is 0 Å². The summed E-state index contributed by atoms with van der Waals surface area (Å²) in [5.74, 6) is 0.559. The van der Waals surface area contributed by atoms with Gasteiger partial charge in [-0.05, 0) is 44.5 Å². The van der Waals surface area contributed by atoms with Crippen molar-refractivity contribution in [2.75, 3.05) is 27.3 Å². The maximum atomic E-state index is 5.13. The molecule has 0 spiro atoms. The molecule has 23 heavy (non-hydrogen) atoms. The van der Waals surface area contributed by atoms with Crippen LogP contribution in [0.25, 0.3) is 11.4 Å². The van der Waals surface area contributed by atoms with Crippen molar-refractivity contribution >= 4 is 0 Å². The maximum absolute atomic E-state index is 5.13. The quantitative estimate of drug-likeness (QED) is 0.845. The SMILES string of the molecule is COc1nc(OC)nc(-c2cccc([C@H](C)N3CCCC3)c2)n1. The summed E-state index contributed by atoms with van der Waals surface area (Å²) in [7, 11) is 3.06. The van der Waals surface area contributed by atoms with E-state index >= 15 is 0 Å². The predicted molar refractivity (Wildman–Crippen MR) is 87.6 cm³/mol. The Labute approximate surface area is 136 Å². The molecule has 6 nitrogen and oxygen atoms in total. The van der Waals surface area contributed by atoms with Gasteiger partial charge in [-0.25, -0.2) is 0 Å². The molecular formula is C17H22N4O2. The summed E-state index contributed by atoms with van der Waals surface area (Å²) in [5.41, 5.74) is 2.20. The molecule has 0 saturated carbocycles. The summed E-state index contributed by atoms with van der Waals surface area (Å²) in [4.78, 5) is 15.2. The van der Waals surface area contributed by atoms with Crippen LogP contribution in [0.1, 0.15) is 31.4 Å². The minimum atomic E-state index is 0.254. The van der Waals surface area contributed by atoms with E-state index in [1.807, 2.05) is 12.1 Å². The average molecular weight is 314 g/mol. The number of benzene rings is 1. The first kappa shape index (κ1) is 15.7. The standard InChI is InChI=1S/C17H22N4O2/c1-12(21-9-4-5-10-21)13-7-6-8-14(11-13)15-18-16(22-2)20-17(19-15)23-3/h6-8,11-12H,4-5,9-10H2,1-3H3/t12-/m0/s1. The van der Waals surface area contributed by atoms with E-state index in [2.05, 4.69) is 38.9 Å². The Morgan fingerprint density at radius 3 is 2.26 bits per heavy atom. The molecule has 2 heterocycles. The second kappa shape index (κ2) is 6.91. The van der Waals surface area contributed by atoms with Gasteiger partial charge >= 0.3 is 12.0 Å². The number of rotatable bonds is 5. The molecule has 6 heteroatoms. The van der Waals surface area contributed by atoms with Crippen molar-refractivity contribution in [1.29, 1.82) is 0 Å². The zero-order chi connectivity index (χ0) is 16.2. The number of likely N-dealkylation sites (tertiary alicyclic amines) is 1. The number of methoxy groups -OCH3 is 2. The second-order valence-electron chi connectivity index (χ2n) is 5.68. The van der Waals surface area contributed by atoms with Crippen molar-refractivity contribution in [3.05, 3.63) is 29.8 Å². The molecule has 3 rings (SSSR count). The fourth-order valence-corrected chi connectivity index (χ4v) is 2.93. The Morgan fingerprint density at radius 1 is 1.00 bits per heavy atom. The average Bonchev–Trinajstić information content (AvgIpc) is 3.15. The van der Waals surface area contributed by atoms with Crippen molar-refractivity contribution in [1.82, 2.24) is 19.9 Å². The molecule has 1 fully saturated rings. The lowest BCUT2D eigenvalue weighted by atomic mass is 10.0. The third-order valence-electron chi connectivity index (χ3n) is 4.28. The first-order valence-corrected chi connectivity index (χ1v) is 7.89. The monoisotopic (exact) mass is 314 g/mol. The zero-order valence-electron chi connectivity index (χ0n) is 13.8. The van der Waals surface area contributed by atoms with Crippen LogP contribution in [0.5, 0.6) is 12.0 Å². The van der Waals surface area contributed by atoms with Crippen LogP contribution >= 0.6 is 0 Å². The van der Waals surface area contributed by atoms with E-state index in [1.54, 1.807) is 0 Å². The molecule has 1 aromatic heterocycles. The van der Waals surface area contributed by atoms with E-state index in [-0.39, 0.29) is 12.0 Å². The molecule has 2 aromatic rings. The van der Waals surface area contributed by atoms with Gasteiger partial charge in [0, 0.05) is 11.6 Å². The first-order chi connectivity index (χ1) is 11.2. The van der Waals surface area contributed by atoms with Crippen molar-refractivity contribution in [2.24, 2.45) is 0 Å². The summed E-state index contributed by atoms with van der Waals surface area (Å²) in [6, 6.07) is 9.23. The van der Waals surface area contributed by atoms with Crippen LogP contribution in [0.4, 0.5) is 0 Å². The summed E-state index contributed by atoms with van der Waals surface area (Å²) in [5, 5.41) is 0. The van der Waals surface area contributed by atoms with Crippen LogP contribution in [0.2, 0.25) is 0 Å². The molecule has 1 aromatic carbocycles. The summed E-state index contributed by atoms with van der Waals surface area (Å²) in [6.07, 6.45) is 2.57. The van der Waals surface area contributed by atoms with Gasteiger partial charge in [0.25, 0.3) is 0 Å². The molecular weight excluding hydrogens is 292 g/mol. The highest BCUT2D eigenvalue weighted by Gasteiger charge is 2.20. The Hall–Kier alpha value is -2.21. The van der Waals surface area contributed by atoms with Crippen LogP contribution in [0.15, 0.2) is 24.3 Å². The van der Waals surface area contributed by atoms with Crippen LogP contribution in [0.3, 0.4) is 0 Å². The summed E-state index contributed by atoms with van der Waals surface area (Å²) in [6.45, 7) is 4.58. The highest BCUT2D eigenvalue weighted by atomic mass is 16.5. The highest BCUT2D eigenvalue weighted by Crippen LogP contribution is 2.28. The molecule has 0 unspecified atom stereocenters. The molecule has 0 N–H and O–H groups in total. The molecule has 0 radical (unpaired) electrons. The first-order valence-electron chi connectivity index (χ1n) is 7.89. The van der Waals surface area contributed by atoms with Crippen LogP contribution in [0, 0.1) is 0 Å². The Balaban J connectivity index is 1.93. The van der Waals surface area contributed by atoms with Gasteiger partial charge in [0.05, 0.1) is 14.2 Å². The van der Waals surface area contributed by atoms with E-state index in [4.69, 9.17) is 9.47 Å². The number of nitrogens with zero attached hydrogens (tertiary/aromatic N) is 4. The molecule has 1 aliphatic heterocycles. The lowest BCUT2D eigenvalue weighted by Gasteiger charge is -2.24.